The van der Waals surface area contributed by atoms with Crippen LogP contribution in [0.5, 0.6) is 0 Å². The van der Waals surface area contributed by atoms with E-state index in [1.165, 1.54) is 6.08 Å². The van der Waals surface area contributed by atoms with Gasteiger partial charge in [-0.15, -0.1) is 0 Å². The van der Waals surface area contributed by atoms with Crippen LogP contribution in [-0.4, -0.2) is 12.5 Å². The van der Waals surface area contributed by atoms with E-state index in [4.69, 9.17) is 16.9 Å². The molecule has 1 N–H and O–H groups in total. The van der Waals surface area contributed by atoms with E-state index in [1.54, 1.807) is 30.3 Å². The van der Waals surface area contributed by atoms with Crippen LogP contribution in [0.3, 0.4) is 0 Å². The van der Waals surface area contributed by atoms with Crippen molar-refractivity contribution in [2.75, 3.05) is 6.54 Å². The van der Waals surface area contributed by atoms with Crippen LogP contribution in [0.15, 0.2) is 30.3 Å². The minimum absolute atomic E-state index is 0.0176. The molecule has 15 heavy (non-hydrogen) atoms. The van der Waals surface area contributed by atoms with Gasteiger partial charge in [0.25, 0.3) is 0 Å². The lowest BCUT2D eigenvalue weighted by molar-refractivity contribution is -0.116. The summed E-state index contributed by atoms with van der Waals surface area (Å²) in [6.45, 7) is 0.0176. The zero-order valence-corrected chi connectivity index (χ0v) is 8.66. The minimum Gasteiger partial charge on any atom is -0.339 e. The Balaban J connectivity index is 2.54. The van der Waals surface area contributed by atoms with Gasteiger partial charge in [0.15, 0.2) is 0 Å². The van der Waals surface area contributed by atoms with Crippen molar-refractivity contribution in [1.82, 2.24) is 5.32 Å². The highest BCUT2D eigenvalue weighted by Gasteiger charge is 1.93. The Labute approximate surface area is 93.0 Å². The van der Waals surface area contributed by atoms with Gasteiger partial charge in [0, 0.05) is 11.1 Å². The summed E-state index contributed by atoms with van der Waals surface area (Å²) in [6, 6.07) is 8.91. The van der Waals surface area contributed by atoms with Crippen LogP contribution in [0.1, 0.15) is 5.56 Å². The molecule has 0 spiro atoms. The molecule has 0 heterocycles. The fourth-order valence-electron chi connectivity index (χ4n) is 0.931. The molecule has 0 aromatic heterocycles. The van der Waals surface area contributed by atoms with E-state index in [2.05, 4.69) is 5.32 Å². The molecule has 0 atom stereocenters. The van der Waals surface area contributed by atoms with Gasteiger partial charge in [0.05, 0.1) is 6.07 Å². The van der Waals surface area contributed by atoms with E-state index < -0.39 is 0 Å². The molecule has 0 saturated heterocycles. The average Bonchev–Trinajstić information content (AvgIpc) is 2.25. The molecule has 4 heteroatoms. The fraction of sp³-hybridized carbons (Fsp3) is 0.0909. The van der Waals surface area contributed by atoms with E-state index in [0.717, 1.165) is 5.56 Å². The second kappa shape index (κ2) is 5.84. The largest absolute Gasteiger partial charge is 0.339 e. The van der Waals surface area contributed by atoms with Crippen molar-refractivity contribution in [3.8, 4) is 6.07 Å². The molecule has 0 radical (unpaired) electrons. The first kappa shape index (κ1) is 11.3. The standard InChI is InChI=1S/C11H9ClN2O/c12-10-4-1-9(2-5-10)3-6-11(15)14-8-7-13/h1-6H,8H2,(H,14,15). The second-order valence-electron chi connectivity index (χ2n) is 2.76. The average molecular weight is 221 g/mol. The van der Waals surface area contributed by atoms with E-state index in [9.17, 15) is 4.79 Å². The molecule has 0 aliphatic heterocycles. The summed E-state index contributed by atoms with van der Waals surface area (Å²) in [6.07, 6.45) is 3.03. The predicted octanol–water partition coefficient (Wildman–Crippen LogP) is 1.99. The van der Waals surface area contributed by atoms with Crippen molar-refractivity contribution < 1.29 is 4.79 Å². The van der Waals surface area contributed by atoms with Gasteiger partial charge in [0.2, 0.25) is 5.91 Å². The molecule has 0 bridgehead atoms. The summed E-state index contributed by atoms with van der Waals surface area (Å²) >= 11 is 5.70. The van der Waals surface area contributed by atoms with E-state index >= 15 is 0 Å². The molecule has 1 aromatic carbocycles. The molecule has 1 rings (SSSR count). The fourth-order valence-corrected chi connectivity index (χ4v) is 1.06. The SMILES string of the molecule is N#CCNC(=O)C=Cc1ccc(Cl)cc1. The third-order valence-corrected chi connectivity index (χ3v) is 1.89. The van der Waals surface area contributed by atoms with Crippen molar-refractivity contribution >= 4 is 23.6 Å². The van der Waals surface area contributed by atoms with Crippen molar-refractivity contribution in [1.29, 1.82) is 5.26 Å². The molecular weight excluding hydrogens is 212 g/mol. The number of amides is 1. The topological polar surface area (TPSA) is 52.9 Å². The van der Waals surface area contributed by atoms with Crippen LogP contribution >= 0.6 is 11.6 Å². The summed E-state index contributed by atoms with van der Waals surface area (Å²) in [5, 5.41) is 11.3. The normalized spacial score (nSPS) is 9.87. The molecule has 0 aliphatic rings. The second-order valence-corrected chi connectivity index (χ2v) is 3.20. The lowest BCUT2D eigenvalue weighted by Gasteiger charge is -1.94. The Morgan fingerprint density at radius 2 is 2.13 bits per heavy atom. The first-order valence-corrected chi connectivity index (χ1v) is 4.68. The van der Waals surface area contributed by atoms with Crippen molar-refractivity contribution in [2.24, 2.45) is 0 Å². The van der Waals surface area contributed by atoms with Crippen LogP contribution < -0.4 is 5.32 Å². The number of benzene rings is 1. The third kappa shape index (κ3) is 4.30. The minimum atomic E-state index is -0.286. The maximum Gasteiger partial charge on any atom is 0.244 e. The molecular formula is C11H9ClN2O. The van der Waals surface area contributed by atoms with Gasteiger partial charge in [-0.05, 0) is 23.8 Å². The lowest BCUT2D eigenvalue weighted by atomic mass is 10.2. The van der Waals surface area contributed by atoms with Crippen molar-refractivity contribution in [3.05, 3.63) is 40.9 Å². The zero-order chi connectivity index (χ0) is 11.1. The van der Waals surface area contributed by atoms with Crippen LogP contribution in [0.2, 0.25) is 5.02 Å². The number of halogens is 1. The predicted molar refractivity (Wildman–Crippen MR) is 59.1 cm³/mol. The molecule has 0 aliphatic carbocycles. The number of rotatable bonds is 3. The summed E-state index contributed by atoms with van der Waals surface area (Å²) in [5.41, 5.74) is 0.881. The Bertz CT molecular complexity index is 404. The van der Waals surface area contributed by atoms with Crippen LogP contribution in [0.25, 0.3) is 6.08 Å². The Morgan fingerprint density at radius 1 is 1.47 bits per heavy atom. The lowest BCUT2D eigenvalue weighted by Crippen LogP contribution is -2.20. The quantitative estimate of drug-likeness (QED) is 0.626. The molecule has 76 valence electrons. The number of nitrogens with zero attached hydrogens (tertiary/aromatic N) is 1. The Hall–Kier alpha value is -1.79. The van der Waals surface area contributed by atoms with E-state index in [1.807, 2.05) is 6.07 Å². The van der Waals surface area contributed by atoms with Crippen molar-refractivity contribution in [2.45, 2.75) is 0 Å². The summed E-state index contributed by atoms with van der Waals surface area (Å²) in [5.74, 6) is -0.286. The van der Waals surface area contributed by atoms with Gasteiger partial charge in [-0.1, -0.05) is 23.7 Å². The first-order chi connectivity index (χ1) is 7.22. The number of nitriles is 1. The highest BCUT2D eigenvalue weighted by Crippen LogP contribution is 2.10. The number of hydrogen-bond acceptors (Lipinski definition) is 2. The number of nitrogens with one attached hydrogen (secondary N) is 1. The highest BCUT2D eigenvalue weighted by molar-refractivity contribution is 6.30. The van der Waals surface area contributed by atoms with Gasteiger partial charge in [-0.25, -0.2) is 0 Å². The maximum atomic E-state index is 11.1. The smallest absolute Gasteiger partial charge is 0.244 e. The van der Waals surface area contributed by atoms with Crippen LogP contribution in [-0.2, 0) is 4.79 Å². The first-order valence-electron chi connectivity index (χ1n) is 4.31. The van der Waals surface area contributed by atoms with Gasteiger partial charge in [0.1, 0.15) is 6.54 Å². The Kier molecular flexibility index (Phi) is 4.39. The molecule has 1 aromatic rings. The van der Waals surface area contributed by atoms with E-state index in [-0.39, 0.29) is 12.5 Å². The van der Waals surface area contributed by atoms with Crippen LogP contribution in [0.4, 0.5) is 0 Å². The number of carbonyl (C=O) groups is 1. The maximum absolute atomic E-state index is 11.1. The van der Waals surface area contributed by atoms with Gasteiger partial charge < -0.3 is 5.32 Å². The number of carbonyl (C=O) groups excluding carboxylic acids is 1. The van der Waals surface area contributed by atoms with E-state index in [0.29, 0.717) is 5.02 Å². The van der Waals surface area contributed by atoms with Gasteiger partial charge >= 0.3 is 0 Å². The summed E-state index contributed by atoms with van der Waals surface area (Å²) < 4.78 is 0. The number of hydrogen-bond donors (Lipinski definition) is 1. The summed E-state index contributed by atoms with van der Waals surface area (Å²) in [7, 11) is 0. The zero-order valence-electron chi connectivity index (χ0n) is 7.90. The van der Waals surface area contributed by atoms with Gasteiger partial charge in [-0.2, -0.15) is 5.26 Å². The summed E-state index contributed by atoms with van der Waals surface area (Å²) in [4.78, 5) is 11.1. The molecule has 3 nitrogen and oxygen atoms in total. The molecule has 0 unspecified atom stereocenters. The van der Waals surface area contributed by atoms with Gasteiger partial charge in [-0.3, -0.25) is 4.79 Å². The molecule has 0 fully saturated rings. The Morgan fingerprint density at radius 3 is 2.73 bits per heavy atom. The van der Waals surface area contributed by atoms with Crippen LogP contribution in [0, 0.1) is 11.3 Å². The van der Waals surface area contributed by atoms with Crippen molar-refractivity contribution in [3.63, 3.8) is 0 Å². The monoisotopic (exact) mass is 220 g/mol. The third-order valence-electron chi connectivity index (χ3n) is 1.64. The highest BCUT2D eigenvalue weighted by atomic mass is 35.5. The molecule has 0 saturated carbocycles. The molecule has 1 amide bonds.